The lowest BCUT2D eigenvalue weighted by atomic mass is 10.0. The van der Waals surface area contributed by atoms with E-state index in [1.807, 2.05) is 0 Å². The molecule has 0 bridgehead atoms. The molecule has 120 valence electrons. The molecule has 1 N–H and O–H groups in total. The highest BCUT2D eigenvalue weighted by molar-refractivity contribution is 7.82. The summed E-state index contributed by atoms with van der Waals surface area (Å²) < 4.78 is 97.9. The van der Waals surface area contributed by atoms with Gasteiger partial charge in [0.1, 0.15) is 6.54 Å². The first-order valence-corrected chi connectivity index (χ1v) is 6.13. The minimum Gasteiger partial charge on any atom is -0.480 e. The summed E-state index contributed by atoms with van der Waals surface area (Å²) in [6.07, 6.45) is -14.5. The van der Waals surface area contributed by atoms with Crippen LogP contribution in [0, 0.1) is 0 Å². The zero-order valence-electron chi connectivity index (χ0n) is 9.89. The summed E-state index contributed by atoms with van der Waals surface area (Å²) in [6.45, 7) is -0.871. The lowest BCUT2D eigenvalue weighted by molar-refractivity contribution is -0.341. The third-order valence-corrected chi connectivity index (χ3v) is 3.60. The number of likely N-dealkylation sites (N-methyl/N-ethyl adjacent to an activating group) is 1. The average molecular weight is 333 g/mol. The second-order valence-electron chi connectivity index (χ2n) is 3.75. The van der Waals surface area contributed by atoms with Crippen molar-refractivity contribution >= 4 is 17.0 Å². The molecule has 4 nitrogen and oxygen atoms in total. The molecule has 12 heteroatoms. The van der Waals surface area contributed by atoms with Gasteiger partial charge in [-0.15, -0.1) is 0 Å². The lowest BCUT2D eigenvalue weighted by Gasteiger charge is -2.30. The molecular formula is C8H10F7NO3S. The van der Waals surface area contributed by atoms with Gasteiger partial charge in [-0.2, -0.15) is 26.3 Å². The van der Waals surface area contributed by atoms with Crippen molar-refractivity contribution in [2.45, 2.75) is 24.4 Å². The summed E-state index contributed by atoms with van der Waals surface area (Å²) in [5.41, 5.74) is -5.49. The maximum atomic E-state index is 13.2. The van der Waals surface area contributed by atoms with Crippen LogP contribution in [0.2, 0.25) is 0 Å². The average Bonchev–Trinajstić information content (AvgIpc) is 2.20. The van der Waals surface area contributed by atoms with Gasteiger partial charge < -0.3 is 5.11 Å². The molecule has 20 heavy (non-hydrogen) atoms. The van der Waals surface area contributed by atoms with E-state index < -0.39 is 53.7 Å². The summed E-state index contributed by atoms with van der Waals surface area (Å²) in [6, 6.07) is 0. The predicted molar refractivity (Wildman–Crippen MR) is 53.8 cm³/mol. The van der Waals surface area contributed by atoms with Gasteiger partial charge in [0.2, 0.25) is 0 Å². The van der Waals surface area contributed by atoms with Crippen LogP contribution in [0.3, 0.4) is 0 Å². The smallest absolute Gasteiger partial charge is 0.431 e. The van der Waals surface area contributed by atoms with E-state index >= 15 is 0 Å². The monoisotopic (exact) mass is 333 g/mol. The summed E-state index contributed by atoms with van der Waals surface area (Å²) in [7, 11) is -1.58. The number of hydrogen-bond acceptors (Lipinski definition) is 2. The second-order valence-corrected chi connectivity index (χ2v) is 5.43. The van der Waals surface area contributed by atoms with Gasteiger partial charge in [0, 0.05) is 19.2 Å². The number of nitrogens with zero attached hydrogens (tertiary/aromatic N) is 1. The minimum absolute atomic E-state index is 0.496. The molecule has 0 amide bonds. The Kier molecular flexibility index (Phi) is 5.96. The predicted octanol–water partition coefficient (Wildman–Crippen LogP) is 1.89. The van der Waals surface area contributed by atoms with Crippen molar-refractivity contribution in [1.29, 1.82) is 0 Å². The first-order valence-electron chi connectivity index (χ1n) is 4.86. The maximum Gasteiger partial charge on any atom is 0.431 e. The molecule has 0 radical (unpaired) electrons. The summed E-state index contributed by atoms with van der Waals surface area (Å²) >= 11 is 0. The summed E-state index contributed by atoms with van der Waals surface area (Å²) in [4.78, 5) is 10.2. The van der Waals surface area contributed by atoms with Crippen LogP contribution in [-0.4, -0.2) is 57.0 Å². The Bertz CT molecular complexity index is 367. The van der Waals surface area contributed by atoms with Crippen LogP contribution < -0.4 is 0 Å². The van der Waals surface area contributed by atoms with Gasteiger partial charge in [0.15, 0.2) is 0 Å². The number of carboxylic acid groups (broad SMARTS) is 1. The molecular weight excluding hydrogens is 323 g/mol. The van der Waals surface area contributed by atoms with Crippen molar-refractivity contribution in [1.82, 2.24) is 4.31 Å². The van der Waals surface area contributed by atoms with Gasteiger partial charge in [-0.05, 0) is 0 Å². The zero-order chi connectivity index (χ0) is 16.4. The molecule has 0 aromatic heterocycles. The van der Waals surface area contributed by atoms with E-state index in [1.54, 1.807) is 0 Å². The maximum absolute atomic E-state index is 13.2. The van der Waals surface area contributed by atoms with Crippen molar-refractivity contribution < 1.29 is 44.8 Å². The highest BCUT2D eigenvalue weighted by Crippen LogP contribution is 2.48. The van der Waals surface area contributed by atoms with Gasteiger partial charge in [0.25, 0.3) is 5.67 Å². The molecule has 0 aromatic rings. The van der Waals surface area contributed by atoms with E-state index in [0.717, 1.165) is 7.05 Å². The molecule has 1 atom stereocenters. The van der Waals surface area contributed by atoms with Crippen LogP contribution in [0.25, 0.3) is 0 Å². The fourth-order valence-corrected chi connectivity index (χ4v) is 2.11. The molecule has 0 fully saturated rings. The highest BCUT2D eigenvalue weighted by atomic mass is 32.2. The number of carboxylic acids is 1. The van der Waals surface area contributed by atoms with Crippen LogP contribution in [-0.2, 0) is 15.8 Å². The van der Waals surface area contributed by atoms with Crippen LogP contribution >= 0.6 is 0 Å². The van der Waals surface area contributed by atoms with Crippen molar-refractivity contribution in [2.24, 2.45) is 0 Å². The molecule has 1 unspecified atom stereocenters. The first kappa shape index (κ1) is 19.1. The number of rotatable bonds is 6. The largest absolute Gasteiger partial charge is 0.480 e. The quantitative estimate of drug-likeness (QED) is 0.755. The Hall–Kier alpha value is -0.910. The Morgan fingerprint density at radius 3 is 1.80 bits per heavy atom. The Labute approximate surface area is 111 Å². The molecule has 0 heterocycles. The molecule has 0 aromatic carbocycles. The van der Waals surface area contributed by atoms with Crippen molar-refractivity contribution in [3.63, 3.8) is 0 Å². The van der Waals surface area contributed by atoms with E-state index in [0.29, 0.717) is 4.31 Å². The number of hydrogen-bond donors (Lipinski definition) is 1. The van der Waals surface area contributed by atoms with Crippen LogP contribution in [0.5, 0.6) is 0 Å². The minimum atomic E-state index is -6.21. The second kappa shape index (κ2) is 6.24. The Balaban J connectivity index is 4.90. The zero-order valence-corrected chi connectivity index (χ0v) is 10.7. The third kappa shape index (κ3) is 4.58. The molecule has 0 saturated carbocycles. The van der Waals surface area contributed by atoms with Gasteiger partial charge >= 0.3 is 18.3 Å². The van der Waals surface area contributed by atoms with Crippen molar-refractivity contribution in [3.8, 4) is 0 Å². The lowest BCUT2D eigenvalue weighted by Crippen LogP contribution is -2.54. The fraction of sp³-hybridized carbons (Fsp3) is 0.875. The van der Waals surface area contributed by atoms with Crippen LogP contribution in [0.1, 0.15) is 6.42 Å². The highest BCUT2D eigenvalue weighted by Gasteiger charge is 2.72. The number of halogens is 7. The van der Waals surface area contributed by atoms with Gasteiger partial charge in [-0.3, -0.25) is 4.79 Å². The van der Waals surface area contributed by atoms with Gasteiger partial charge in [-0.1, -0.05) is 0 Å². The summed E-state index contributed by atoms with van der Waals surface area (Å²) in [5.74, 6) is -2.81. The van der Waals surface area contributed by atoms with E-state index in [2.05, 4.69) is 0 Å². The van der Waals surface area contributed by atoms with Gasteiger partial charge in [0.05, 0.1) is 11.0 Å². The van der Waals surface area contributed by atoms with E-state index in [9.17, 15) is 39.7 Å². The van der Waals surface area contributed by atoms with E-state index in [4.69, 9.17) is 5.11 Å². The molecule has 0 spiro atoms. The van der Waals surface area contributed by atoms with Crippen molar-refractivity contribution in [3.05, 3.63) is 0 Å². The van der Waals surface area contributed by atoms with Gasteiger partial charge in [-0.25, -0.2) is 12.9 Å². The molecule has 0 aliphatic carbocycles. The third-order valence-electron chi connectivity index (χ3n) is 2.23. The normalized spacial score (nSPS) is 15.4. The summed E-state index contributed by atoms with van der Waals surface area (Å²) in [5, 5.41) is 8.31. The van der Waals surface area contributed by atoms with Crippen LogP contribution in [0.15, 0.2) is 0 Å². The Morgan fingerprint density at radius 1 is 1.10 bits per heavy atom. The number of carbonyl (C=O) groups is 1. The number of aliphatic carboxylic acids is 1. The van der Waals surface area contributed by atoms with Crippen LogP contribution in [0.4, 0.5) is 30.7 Å². The van der Waals surface area contributed by atoms with E-state index in [-0.39, 0.29) is 0 Å². The molecule has 0 aliphatic rings. The van der Waals surface area contributed by atoms with Crippen molar-refractivity contribution in [2.75, 3.05) is 19.3 Å². The topological polar surface area (TPSA) is 57.6 Å². The standard InChI is InChI=1S/C8H10F7NO3S/c1-16(4-5(17)18)20(19)3-2-6(9,7(10,11)12)8(13,14)15/h2-4H2,1H3,(H,17,18). The first-order chi connectivity index (χ1) is 8.72. The van der Waals surface area contributed by atoms with E-state index in [1.165, 1.54) is 0 Å². The molecule has 0 aliphatic heterocycles. The SMILES string of the molecule is CN(CC(=O)O)S(=O)CCC(F)(C(F)(F)F)C(F)(F)F. The molecule has 0 rings (SSSR count). The Morgan fingerprint density at radius 2 is 1.50 bits per heavy atom. The number of alkyl halides is 7. The molecule has 0 saturated heterocycles. The fourth-order valence-electron chi connectivity index (χ4n) is 1.09.